The zero-order valence-electron chi connectivity index (χ0n) is 14.7. The van der Waals surface area contributed by atoms with E-state index >= 15 is 0 Å². The van der Waals surface area contributed by atoms with Crippen molar-refractivity contribution < 1.29 is 13.2 Å². The average molecular weight is 375 g/mol. The Bertz CT molecular complexity index is 1060. The fourth-order valence-corrected chi connectivity index (χ4v) is 3.12. The normalized spacial score (nSPS) is 14.6. The highest BCUT2D eigenvalue weighted by Gasteiger charge is 2.36. The number of halogens is 3. The molecule has 27 heavy (non-hydrogen) atoms. The van der Waals surface area contributed by atoms with Gasteiger partial charge in [0.05, 0.1) is 5.69 Å². The van der Waals surface area contributed by atoms with Crippen LogP contribution in [0.5, 0.6) is 0 Å². The summed E-state index contributed by atoms with van der Waals surface area (Å²) in [4.78, 5) is 10.2. The first-order valence-corrected chi connectivity index (χ1v) is 8.44. The number of hydrogen-bond acceptors (Lipinski definition) is 5. The molecule has 4 heterocycles. The van der Waals surface area contributed by atoms with E-state index in [2.05, 4.69) is 36.9 Å². The molecule has 0 spiro atoms. The molecule has 0 aromatic carbocycles. The lowest BCUT2D eigenvalue weighted by Gasteiger charge is -2.14. The van der Waals surface area contributed by atoms with Crippen LogP contribution in [0.4, 0.5) is 19.1 Å². The first kappa shape index (κ1) is 17.3. The molecule has 0 atom stereocenters. The van der Waals surface area contributed by atoms with E-state index in [0.717, 1.165) is 36.4 Å². The van der Waals surface area contributed by atoms with E-state index in [1.807, 2.05) is 7.05 Å². The Morgan fingerprint density at radius 1 is 1.04 bits per heavy atom. The highest BCUT2D eigenvalue weighted by Crippen LogP contribution is 2.31. The minimum atomic E-state index is -4.52. The lowest BCUT2D eigenvalue weighted by Crippen LogP contribution is -2.21. The van der Waals surface area contributed by atoms with Crippen molar-refractivity contribution >= 4 is 11.6 Å². The Kier molecular flexibility index (Phi) is 4.02. The molecule has 0 aliphatic carbocycles. The standard InChI is InChI=1S/C17H16F3N7/c1-11-15(17(18,19)20)22-14-8-6-12(23-27(11)14)5-7-13-21-16(25(2)24-13)26-9-3-4-10-26/h6,8H,3-4,9-10H2,1-2H3. The third kappa shape index (κ3) is 3.20. The number of imidazole rings is 1. The maximum atomic E-state index is 13.0. The molecule has 1 aliphatic heterocycles. The van der Waals surface area contributed by atoms with Crippen LogP contribution in [0.2, 0.25) is 0 Å². The summed E-state index contributed by atoms with van der Waals surface area (Å²) in [6, 6.07) is 2.99. The summed E-state index contributed by atoms with van der Waals surface area (Å²) >= 11 is 0. The molecule has 0 amide bonds. The predicted molar refractivity (Wildman–Crippen MR) is 91.2 cm³/mol. The summed E-state index contributed by atoms with van der Waals surface area (Å²) < 4.78 is 41.7. The van der Waals surface area contributed by atoms with Crippen LogP contribution in [-0.2, 0) is 13.2 Å². The zero-order valence-corrected chi connectivity index (χ0v) is 14.7. The highest BCUT2D eigenvalue weighted by molar-refractivity contribution is 5.45. The Balaban J connectivity index is 1.65. The fraction of sp³-hybridized carbons (Fsp3) is 0.412. The Morgan fingerprint density at radius 3 is 2.48 bits per heavy atom. The molecule has 4 rings (SSSR count). The summed E-state index contributed by atoms with van der Waals surface area (Å²) in [6.45, 7) is 3.22. The van der Waals surface area contributed by atoms with Gasteiger partial charge in [0.25, 0.3) is 0 Å². The predicted octanol–water partition coefficient (Wildman–Crippen LogP) is 2.19. The number of nitrogens with zero attached hydrogens (tertiary/aromatic N) is 7. The van der Waals surface area contributed by atoms with Gasteiger partial charge in [-0.1, -0.05) is 0 Å². The maximum Gasteiger partial charge on any atom is 0.435 e. The first-order chi connectivity index (χ1) is 12.8. The van der Waals surface area contributed by atoms with Gasteiger partial charge in [0, 0.05) is 20.1 Å². The summed E-state index contributed by atoms with van der Waals surface area (Å²) in [5.74, 6) is 6.75. The Labute approximate surface area is 152 Å². The molecule has 1 aliphatic rings. The van der Waals surface area contributed by atoms with E-state index in [1.165, 1.54) is 19.1 Å². The van der Waals surface area contributed by atoms with Crippen molar-refractivity contribution in [3.8, 4) is 11.8 Å². The second kappa shape index (κ2) is 6.26. The van der Waals surface area contributed by atoms with E-state index in [4.69, 9.17) is 0 Å². The Morgan fingerprint density at radius 2 is 1.78 bits per heavy atom. The molecule has 0 N–H and O–H groups in total. The van der Waals surface area contributed by atoms with Gasteiger partial charge in [-0.15, -0.1) is 5.10 Å². The van der Waals surface area contributed by atoms with Gasteiger partial charge < -0.3 is 4.90 Å². The zero-order chi connectivity index (χ0) is 19.2. The summed E-state index contributed by atoms with van der Waals surface area (Å²) in [6.07, 6.45) is -2.27. The molecule has 0 unspecified atom stereocenters. The van der Waals surface area contributed by atoms with Crippen LogP contribution in [0.1, 0.15) is 35.7 Å². The van der Waals surface area contributed by atoms with Gasteiger partial charge in [0.1, 0.15) is 5.69 Å². The van der Waals surface area contributed by atoms with Gasteiger partial charge >= 0.3 is 6.18 Å². The first-order valence-electron chi connectivity index (χ1n) is 8.44. The smallest absolute Gasteiger partial charge is 0.341 e. The van der Waals surface area contributed by atoms with Crippen LogP contribution in [-0.4, -0.2) is 42.5 Å². The van der Waals surface area contributed by atoms with E-state index in [9.17, 15) is 13.2 Å². The number of aromatic nitrogens is 6. The molecule has 140 valence electrons. The van der Waals surface area contributed by atoms with Crippen molar-refractivity contribution in [3.05, 3.63) is 35.0 Å². The monoisotopic (exact) mass is 375 g/mol. The van der Waals surface area contributed by atoms with Crippen LogP contribution >= 0.6 is 0 Å². The van der Waals surface area contributed by atoms with Gasteiger partial charge in [0.15, 0.2) is 11.3 Å². The van der Waals surface area contributed by atoms with Crippen molar-refractivity contribution in [2.75, 3.05) is 18.0 Å². The van der Waals surface area contributed by atoms with Crippen LogP contribution in [0, 0.1) is 18.8 Å². The largest absolute Gasteiger partial charge is 0.435 e. The molecular formula is C17H16F3N7. The van der Waals surface area contributed by atoms with Crippen molar-refractivity contribution in [1.82, 2.24) is 29.4 Å². The third-order valence-electron chi connectivity index (χ3n) is 4.40. The molecule has 1 fully saturated rings. The number of rotatable bonds is 1. The molecule has 7 nitrogen and oxygen atoms in total. The van der Waals surface area contributed by atoms with E-state index < -0.39 is 11.9 Å². The fourth-order valence-electron chi connectivity index (χ4n) is 3.12. The number of alkyl halides is 3. The number of aryl methyl sites for hydroxylation is 2. The SMILES string of the molecule is Cc1c(C(F)(F)F)nc2ccc(C#Cc3nc(N4CCCC4)n(C)n3)nn12. The lowest BCUT2D eigenvalue weighted by atomic mass is 10.3. The molecule has 0 bridgehead atoms. The molecule has 0 radical (unpaired) electrons. The van der Waals surface area contributed by atoms with Gasteiger partial charge in [-0.25, -0.2) is 14.2 Å². The molecule has 3 aromatic heterocycles. The number of hydrogen-bond donors (Lipinski definition) is 0. The van der Waals surface area contributed by atoms with Gasteiger partial charge in [-0.3, -0.25) is 0 Å². The molecule has 3 aromatic rings. The number of fused-ring (bicyclic) bond motifs is 1. The summed E-state index contributed by atoms with van der Waals surface area (Å²) in [5, 5.41) is 8.42. The lowest BCUT2D eigenvalue weighted by molar-refractivity contribution is -0.141. The maximum absolute atomic E-state index is 13.0. The molecular weight excluding hydrogens is 359 g/mol. The van der Waals surface area contributed by atoms with Crippen LogP contribution in [0.15, 0.2) is 12.1 Å². The third-order valence-corrected chi connectivity index (χ3v) is 4.40. The van der Waals surface area contributed by atoms with E-state index in [0.29, 0.717) is 11.5 Å². The van der Waals surface area contributed by atoms with E-state index in [1.54, 1.807) is 4.68 Å². The van der Waals surface area contributed by atoms with Crippen molar-refractivity contribution in [3.63, 3.8) is 0 Å². The Hall–Kier alpha value is -3.09. The molecule has 10 heteroatoms. The van der Waals surface area contributed by atoms with E-state index in [-0.39, 0.29) is 11.3 Å². The second-order valence-corrected chi connectivity index (χ2v) is 6.34. The van der Waals surface area contributed by atoms with Crippen LogP contribution < -0.4 is 4.90 Å². The molecule has 0 saturated carbocycles. The summed E-state index contributed by atoms with van der Waals surface area (Å²) in [5.41, 5.74) is -0.584. The minimum absolute atomic E-state index is 0.0755. The molecule has 1 saturated heterocycles. The highest BCUT2D eigenvalue weighted by atomic mass is 19.4. The van der Waals surface area contributed by atoms with Crippen LogP contribution in [0.25, 0.3) is 5.65 Å². The van der Waals surface area contributed by atoms with Crippen molar-refractivity contribution in [1.29, 1.82) is 0 Å². The van der Waals surface area contributed by atoms with Gasteiger partial charge in [-0.2, -0.15) is 23.3 Å². The van der Waals surface area contributed by atoms with Gasteiger partial charge in [-0.05, 0) is 43.7 Å². The second-order valence-electron chi connectivity index (χ2n) is 6.34. The number of anilines is 1. The average Bonchev–Trinajstić information content (AvgIpc) is 3.32. The van der Waals surface area contributed by atoms with Crippen molar-refractivity contribution in [2.45, 2.75) is 25.9 Å². The summed E-state index contributed by atoms with van der Waals surface area (Å²) in [7, 11) is 1.81. The topological polar surface area (TPSA) is 64.1 Å². The quantitative estimate of drug-likeness (QED) is 0.610. The van der Waals surface area contributed by atoms with Gasteiger partial charge in [0.2, 0.25) is 11.8 Å². The van der Waals surface area contributed by atoms with Crippen LogP contribution in [0.3, 0.4) is 0 Å². The van der Waals surface area contributed by atoms with Crippen molar-refractivity contribution in [2.24, 2.45) is 7.05 Å². The minimum Gasteiger partial charge on any atom is -0.341 e.